The number of hydrogen-bond acceptors (Lipinski definition) is 2. The minimum atomic E-state index is -0.242. The topological polar surface area (TPSA) is 32.3 Å². The summed E-state index contributed by atoms with van der Waals surface area (Å²) in [4.78, 5) is 0. The highest BCUT2D eigenvalue weighted by Crippen LogP contribution is 2.24. The molecule has 0 aromatic heterocycles. The summed E-state index contributed by atoms with van der Waals surface area (Å²) < 4.78 is 13.6. The fourth-order valence-corrected chi connectivity index (χ4v) is 1.64. The lowest BCUT2D eigenvalue weighted by molar-refractivity contribution is 0.286. The SMILES string of the molecule is Cc1cc(F)c(Br)cc1NCCCCO. The van der Waals surface area contributed by atoms with Crippen LogP contribution in [0.2, 0.25) is 0 Å². The molecule has 1 aromatic carbocycles. The molecule has 0 bridgehead atoms. The molecule has 84 valence electrons. The van der Waals surface area contributed by atoms with E-state index in [1.54, 1.807) is 6.07 Å². The number of hydrogen-bond donors (Lipinski definition) is 2. The fourth-order valence-electron chi connectivity index (χ4n) is 1.30. The molecule has 0 saturated heterocycles. The Kier molecular flexibility index (Phi) is 5.05. The van der Waals surface area contributed by atoms with Crippen LogP contribution in [0.1, 0.15) is 18.4 Å². The number of rotatable bonds is 5. The second-order valence-electron chi connectivity index (χ2n) is 3.44. The van der Waals surface area contributed by atoms with Gasteiger partial charge in [-0.15, -0.1) is 0 Å². The third kappa shape index (κ3) is 3.80. The van der Waals surface area contributed by atoms with E-state index in [-0.39, 0.29) is 12.4 Å². The molecule has 0 aliphatic carbocycles. The van der Waals surface area contributed by atoms with Gasteiger partial charge in [-0.1, -0.05) is 0 Å². The van der Waals surface area contributed by atoms with Crippen molar-refractivity contribution < 1.29 is 9.50 Å². The molecule has 4 heteroatoms. The predicted octanol–water partition coefficient (Wildman–Crippen LogP) is 3.08. The van der Waals surface area contributed by atoms with Crippen LogP contribution < -0.4 is 5.32 Å². The van der Waals surface area contributed by atoms with Gasteiger partial charge >= 0.3 is 0 Å². The van der Waals surface area contributed by atoms with Crippen LogP contribution in [0.3, 0.4) is 0 Å². The maximum absolute atomic E-state index is 13.1. The highest BCUT2D eigenvalue weighted by molar-refractivity contribution is 9.10. The van der Waals surface area contributed by atoms with Gasteiger partial charge in [0.2, 0.25) is 0 Å². The molecule has 0 atom stereocenters. The molecule has 0 spiro atoms. The van der Waals surface area contributed by atoms with Crippen LogP contribution in [-0.2, 0) is 0 Å². The highest BCUT2D eigenvalue weighted by Gasteiger charge is 2.04. The maximum atomic E-state index is 13.1. The van der Waals surface area contributed by atoms with E-state index in [0.29, 0.717) is 4.47 Å². The van der Waals surface area contributed by atoms with E-state index in [1.165, 1.54) is 6.07 Å². The van der Waals surface area contributed by atoms with Gasteiger partial charge in [0.05, 0.1) is 4.47 Å². The molecule has 2 N–H and O–H groups in total. The quantitative estimate of drug-likeness (QED) is 0.810. The number of benzene rings is 1. The second-order valence-corrected chi connectivity index (χ2v) is 4.29. The normalized spacial score (nSPS) is 10.4. The first-order chi connectivity index (χ1) is 7.15. The van der Waals surface area contributed by atoms with Gasteiger partial charge < -0.3 is 10.4 Å². The van der Waals surface area contributed by atoms with Crippen LogP contribution in [0.4, 0.5) is 10.1 Å². The number of halogens is 2. The summed E-state index contributed by atoms with van der Waals surface area (Å²) in [6.07, 6.45) is 1.69. The molecule has 1 aromatic rings. The first-order valence-electron chi connectivity index (χ1n) is 4.95. The lowest BCUT2D eigenvalue weighted by Gasteiger charge is -2.10. The third-order valence-corrected chi connectivity index (χ3v) is 2.78. The van der Waals surface area contributed by atoms with Crippen molar-refractivity contribution in [1.29, 1.82) is 0 Å². The summed E-state index contributed by atoms with van der Waals surface area (Å²) in [5, 5.41) is 11.8. The van der Waals surface area contributed by atoms with E-state index in [4.69, 9.17) is 5.11 Å². The van der Waals surface area contributed by atoms with Gasteiger partial charge in [-0.3, -0.25) is 0 Å². The Hall–Kier alpha value is -0.610. The van der Waals surface area contributed by atoms with Crippen LogP contribution in [-0.4, -0.2) is 18.3 Å². The van der Waals surface area contributed by atoms with Crippen molar-refractivity contribution >= 4 is 21.6 Å². The molecule has 2 nitrogen and oxygen atoms in total. The second kappa shape index (κ2) is 6.08. The summed E-state index contributed by atoms with van der Waals surface area (Å²) in [6, 6.07) is 3.24. The summed E-state index contributed by atoms with van der Waals surface area (Å²) in [7, 11) is 0. The Balaban J connectivity index is 2.57. The highest BCUT2D eigenvalue weighted by atomic mass is 79.9. The van der Waals surface area contributed by atoms with Crippen molar-refractivity contribution in [2.75, 3.05) is 18.5 Å². The fraction of sp³-hybridized carbons (Fsp3) is 0.455. The standard InChI is InChI=1S/C11H15BrFNO/c1-8-6-10(13)9(12)7-11(8)14-4-2-3-5-15/h6-7,14-15H,2-5H2,1H3. The smallest absolute Gasteiger partial charge is 0.137 e. The molecule has 0 aliphatic heterocycles. The van der Waals surface area contributed by atoms with Gasteiger partial charge in [0.1, 0.15) is 5.82 Å². The van der Waals surface area contributed by atoms with Crippen molar-refractivity contribution in [3.63, 3.8) is 0 Å². The van der Waals surface area contributed by atoms with Gasteiger partial charge in [-0.2, -0.15) is 0 Å². The summed E-state index contributed by atoms with van der Waals surface area (Å²) in [6.45, 7) is 2.87. The Labute approximate surface area is 97.6 Å². The van der Waals surface area contributed by atoms with Crippen LogP contribution in [0.5, 0.6) is 0 Å². The van der Waals surface area contributed by atoms with Crippen LogP contribution in [0.25, 0.3) is 0 Å². The van der Waals surface area contributed by atoms with Crippen LogP contribution in [0.15, 0.2) is 16.6 Å². The van der Waals surface area contributed by atoms with Crippen molar-refractivity contribution in [3.8, 4) is 0 Å². The number of nitrogens with one attached hydrogen (secondary N) is 1. The van der Waals surface area contributed by atoms with Gasteiger partial charge in [0.25, 0.3) is 0 Å². The van der Waals surface area contributed by atoms with E-state index >= 15 is 0 Å². The molecule has 0 amide bonds. The zero-order valence-corrected chi connectivity index (χ0v) is 10.3. The number of aliphatic hydroxyl groups is 1. The van der Waals surface area contributed by atoms with E-state index < -0.39 is 0 Å². The zero-order chi connectivity index (χ0) is 11.3. The van der Waals surface area contributed by atoms with E-state index in [1.807, 2.05) is 6.92 Å². The molecule has 0 saturated carbocycles. The summed E-state index contributed by atoms with van der Waals surface area (Å²) in [5.41, 5.74) is 1.82. The zero-order valence-electron chi connectivity index (χ0n) is 8.69. The molecule has 0 fully saturated rings. The first kappa shape index (κ1) is 12.5. The van der Waals surface area contributed by atoms with E-state index in [9.17, 15) is 4.39 Å². The first-order valence-corrected chi connectivity index (χ1v) is 5.75. The average molecular weight is 276 g/mol. The number of aryl methyl sites for hydroxylation is 1. The van der Waals surface area contributed by atoms with Crippen LogP contribution in [0, 0.1) is 12.7 Å². The van der Waals surface area contributed by atoms with Gasteiger partial charge in [0, 0.05) is 18.8 Å². The van der Waals surface area contributed by atoms with E-state index in [0.717, 1.165) is 30.6 Å². The van der Waals surface area contributed by atoms with Crippen molar-refractivity contribution in [3.05, 3.63) is 28.0 Å². The van der Waals surface area contributed by atoms with Crippen LogP contribution >= 0.6 is 15.9 Å². The lowest BCUT2D eigenvalue weighted by Crippen LogP contribution is -2.04. The monoisotopic (exact) mass is 275 g/mol. The lowest BCUT2D eigenvalue weighted by atomic mass is 10.2. The summed E-state index contributed by atoms with van der Waals surface area (Å²) >= 11 is 3.15. The molecular formula is C11H15BrFNO. The number of aliphatic hydroxyl groups excluding tert-OH is 1. The van der Waals surface area contributed by atoms with E-state index in [2.05, 4.69) is 21.2 Å². The van der Waals surface area contributed by atoms with Gasteiger partial charge in [-0.25, -0.2) is 4.39 Å². The Bertz CT molecular complexity index is 331. The average Bonchev–Trinajstić information content (AvgIpc) is 2.20. The number of unbranched alkanes of at least 4 members (excludes halogenated alkanes) is 1. The molecule has 1 rings (SSSR count). The molecule has 0 radical (unpaired) electrons. The van der Waals surface area contributed by atoms with Crippen molar-refractivity contribution in [2.45, 2.75) is 19.8 Å². The van der Waals surface area contributed by atoms with Gasteiger partial charge in [-0.05, 0) is 53.4 Å². The molecule has 15 heavy (non-hydrogen) atoms. The Morgan fingerprint density at radius 3 is 2.80 bits per heavy atom. The molecule has 0 unspecified atom stereocenters. The molecule has 0 heterocycles. The maximum Gasteiger partial charge on any atom is 0.137 e. The largest absolute Gasteiger partial charge is 0.396 e. The minimum absolute atomic E-state index is 0.216. The Morgan fingerprint density at radius 1 is 1.40 bits per heavy atom. The minimum Gasteiger partial charge on any atom is -0.396 e. The summed E-state index contributed by atoms with van der Waals surface area (Å²) in [5.74, 6) is -0.242. The predicted molar refractivity (Wildman–Crippen MR) is 63.6 cm³/mol. The van der Waals surface area contributed by atoms with Crippen molar-refractivity contribution in [1.82, 2.24) is 0 Å². The Morgan fingerprint density at radius 2 is 2.13 bits per heavy atom. The molecule has 0 aliphatic rings. The van der Waals surface area contributed by atoms with Gasteiger partial charge in [0.15, 0.2) is 0 Å². The number of anilines is 1. The third-order valence-electron chi connectivity index (χ3n) is 2.17. The van der Waals surface area contributed by atoms with Crippen molar-refractivity contribution in [2.24, 2.45) is 0 Å². The molecular weight excluding hydrogens is 261 g/mol.